The fourth-order valence-corrected chi connectivity index (χ4v) is 2.00. The van der Waals surface area contributed by atoms with E-state index in [2.05, 4.69) is 29.0 Å². The number of aromatic nitrogens is 3. The van der Waals surface area contributed by atoms with Crippen LogP contribution in [0.1, 0.15) is 5.69 Å². The summed E-state index contributed by atoms with van der Waals surface area (Å²) in [5.41, 5.74) is 2.28. The Labute approximate surface area is 93.4 Å². The molecule has 0 unspecified atom stereocenters. The van der Waals surface area contributed by atoms with Crippen molar-refractivity contribution in [3.05, 3.63) is 42.6 Å². The van der Waals surface area contributed by atoms with Gasteiger partial charge in [0, 0.05) is 23.2 Å². The van der Waals surface area contributed by atoms with Gasteiger partial charge in [-0.1, -0.05) is 6.07 Å². The molecule has 2 heterocycles. The van der Waals surface area contributed by atoms with Crippen LogP contribution in [0.4, 0.5) is 0 Å². The summed E-state index contributed by atoms with van der Waals surface area (Å²) in [6.45, 7) is 2.11. The average molecular weight is 210 g/mol. The van der Waals surface area contributed by atoms with Gasteiger partial charge >= 0.3 is 0 Å². The molecule has 0 amide bonds. The molecule has 0 N–H and O–H groups in total. The topological polar surface area (TPSA) is 29.7 Å². The largest absolute Gasteiger partial charge is 0.286 e. The third-order valence-corrected chi connectivity index (χ3v) is 3.07. The number of nitrogens with zero attached hydrogens (tertiary/aromatic N) is 3. The van der Waals surface area contributed by atoms with Crippen LogP contribution in [-0.4, -0.2) is 9.97 Å². The molecule has 0 aliphatic carbocycles. The summed E-state index contributed by atoms with van der Waals surface area (Å²) in [5, 5.41) is 3.50. The highest BCUT2D eigenvalue weighted by molar-refractivity contribution is 6.04. The van der Waals surface area contributed by atoms with Crippen molar-refractivity contribution in [1.29, 1.82) is 0 Å². The quantitative estimate of drug-likeness (QED) is 0.419. The molecule has 78 valence electrons. The van der Waals surface area contributed by atoms with Crippen LogP contribution in [0.5, 0.6) is 0 Å². The maximum Gasteiger partial charge on any atom is 0.286 e. The molecular weight excluding hydrogens is 198 g/mol. The molecule has 0 radical (unpaired) electrons. The molecule has 16 heavy (non-hydrogen) atoms. The van der Waals surface area contributed by atoms with Crippen molar-refractivity contribution < 1.29 is 4.57 Å². The van der Waals surface area contributed by atoms with Gasteiger partial charge in [-0.05, 0) is 24.0 Å². The van der Waals surface area contributed by atoms with Gasteiger partial charge in [-0.25, -0.2) is 4.57 Å². The van der Waals surface area contributed by atoms with E-state index in [1.165, 1.54) is 11.1 Å². The molecule has 0 fully saturated rings. The maximum atomic E-state index is 4.50. The third-order valence-electron chi connectivity index (χ3n) is 3.07. The van der Waals surface area contributed by atoms with Gasteiger partial charge in [0.25, 0.3) is 6.33 Å². The zero-order chi connectivity index (χ0) is 11.1. The van der Waals surface area contributed by atoms with Gasteiger partial charge in [0.05, 0.1) is 12.4 Å². The smallest absolute Gasteiger partial charge is 0.264 e. The van der Waals surface area contributed by atoms with Gasteiger partial charge < -0.3 is 0 Å². The van der Waals surface area contributed by atoms with Crippen molar-refractivity contribution in [3.63, 3.8) is 0 Å². The molecule has 3 aromatic rings. The first-order valence-electron chi connectivity index (χ1n) is 5.25. The summed E-state index contributed by atoms with van der Waals surface area (Å²) < 4.78 is 2.04. The predicted octanol–water partition coefficient (Wildman–Crippen LogP) is 1.92. The van der Waals surface area contributed by atoms with Crippen LogP contribution < -0.4 is 4.57 Å². The van der Waals surface area contributed by atoms with Crippen molar-refractivity contribution in [2.75, 3.05) is 0 Å². The Morgan fingerprint density at radius 1 is 1.12 bits per heavy atom. The zero-order valence-electron chi connectivity index (χ0n) is 9.31. The van der Waals surface area contributed by atoms with Gasteiger partial charge in [0.1, 0.15) is 5.69 Å². The molecule has 0 aliphatic rings. The van der Waals surface area contributed by atoms with Gasteiger partial charge in [-0.15, -0.1) is 0 Å². The second kappa shape index (κ2) is 3.23. The zero-order valence-corrected chi connectivity index (χ0v) is 9.31. The molecule has 1 aromatic carbocycles. The van der Waals surface area contributed by atoms with E-state index >= 15 is 0 Å². The van der Waals surface area contributed by atoms with E-state index in [9.17, 15) is 0 Å². The van der Waals surface area contributed by atoms with Gasteiger partial charge in [0.2, 0.25) is 0 Å². The Morgan fingerprint density at radius 3 is 2.88 bits per heavy atom. The number of pyridine rings is 1. The SMILES string of the molecule is Cc1c2ccc3cnccc3c2nc[n+]1C. The summed E-state index contributed by atoms with van der Waals surface area (Å²) in [7, 11) is 2.01. The monoisotopic (exact) mass is 210 g/mol. The first-order valence-corrected chi connectivity index (χ1v) is 5.25. The molecule has 0 saturated heterocycles. The third kappa shape index (κ3) is 1.18. The van der Waals surface area contributed by atoms with Crippen LogP contribution in [-0.2, 0) is 7.05 Å². The lowest BCUT2D eigenvalue weighted by Gasteiger charge is -2.02. The number of fused-ring (bicyclic) bond motifs is 3. The van der Waals surface area contributed by atoms with Crippen LogP contribution in [0, 0.1) is 6.92 Å². The molecule has 0 spiro atoms. The lowest BCUT2D eigenvalue weighted by atomic mass is 10.1. The molecule has 0 aliphatic heterocycles. The lowest BCUT2D eigenvalue weighted by Crippen LogP contribution is -2.32. The van der Waals surface area contributed by atoms with E-state index < -0.39 is 0 Å². The van der Waals surface area contributed by atoms with E-state index in [1.807, 2.05) is 36.4 Å². The second-order valence-corrected chi connectivity index (χ2v) is 4.00. The highest BCUT2D eigenvalue weighted by atomic mass is 15.0. The summed E-state index contributed by atoms with van der Waals surface area (Å²) in [6, 6.07) is 6.23. The Morgan fingerprint density at radius 2 is 2.00 bits per heavy atom. The van der Waals surface area contributed by atoms with E-state index in [0.29, 0.717) is 0 Å². The Balaban J connectivity index is 2.58. The standard InChI is InChI=1S/C13H12N3/c1-9-11-4-3-10-7-14-6-5-12(10)13(11)15-8-16(9)2/h3-8H,1-2H3/q+1. The minimum absolute atomic E-state index is 1.05. The van der Waals surface area contributed by atoms with Crippen LogP contribution in [0.3, 0.4) is 0 Å². The van der Waals surface area contributed by atoms with Crippen LogP contribution in [0.15, 0.2) is 36.9 Å². The molecule has 3 rings (SSSR count). The number of rotatable bonds is 0. The van der Waals surface area contributed by atoms with E-state index in [4.69, 9.17) is 0 Å². The molecule has 0 atom stereocenters. The normalized spacial score (nSPS) is 11.1. The molecule has 3 nitrogen and oxygen atoms in total. The summed E-state index contributed by atoms with van der Waals surface area (Å²) in [6.07, 6.45) is 5.54. The maximum absolute atomic E-state index is 4.50. The van der Waals surface area contributed by atoms with Gasteiger partial charge in [-0.2, -0.15) is 0 Å². The second-order valence-electron chi connectivity index (χ2n) is 4.00. The molecular formula is C13H12N3+. The van der Waals surface area contributed by atoms with Gasteiger partial charge in [-0.3, -0.25) is 4.98 Å². The highest BCUT2D eigenvalue weighted by Gasteiger charge is 2.11. The van der Waals surface area contributed by atoms with E-state index in [1.54, 1.807) is 0 Å². The number of hydrogen-bond donors (Lipinski definition) is 0. The Kier molecular flexibility index (Phi) is 1.86. The van der Waals surface area contributed by atoms with Crippen molar-refractivity contribution in [2.24, 2.45) is 7.05 Å². The van der Waals surface area contributed by atoms with Crippen molar-refractivity contribution >= 4 is 21.7 Å². The van der Waals surface area contributed by atoms with Crippen molar-refractivity contribution in [3.8, 4) is 0 Å². The van der Waals surface area contributed by atoms with Crippen LogP contribution in [0.2, 0.25) is 0 Å². The van der Waals surface area contributed by atoms with Crippen LogP contribution >= 0.6 is 0 Å². The van der Waals surface area contributed by atoms with Gasteiger partial charge in [0.15, 0.2) is 5.52 Å². The first kappa shape index (κ1) is 9.21. The van der Waals surface area contributed by atoms with E-state index in [-0.39, 0.29) is 0 Å². The van der Waals surface area contributed by atoms with Crippen LogP contribution in [0.25, 0.3) is 21.7 Å². The average Bonchev–Trinajstić information content (AvgIpc) is 2.33. The Bertz CT molecular complexity index is 689. The molecule has 0 bridgehead atoms. The summed E-state index contributed by atoms with van der Waals surface area (Å²) in [5.74, 6) is 0. The fourth-order valence-electron chi connectivity index (χ4n) is 2.00. The minimum Gasteiger partial charge on any atom is -0.264 e. The fraction of sp³-hybridized carbons (Fsp3) is 0.154. The highest BCUT2D eigenvalue weighted by Crippen LogP contribution is 2.22. The van der Waals surface area contributed by atoms with Crippen molar-refractivity contribution in [1.82, 2.24) is 9.97 Å². The minimum atomic E-state index is 1.05. The van der Waals surface area contributed by atoms with Crippen molar-refractivity contribution in [2.45, 2.75) is 6.92 Å². The lowest BCUT2D eigenvalue weighted by molar-refractivity contribution is -0.679. The summed E-state index contributed by atoms with van der Waals surface area (Å²) >= 11 is 0. The molecule has 0 saturated carbocycles. The molecule has 3 heteroatoms. The number of hydrogen-bond acceptors (Lipinski definition) is 2. The predicted molar refractivity (Wildman–Crippen MR) is 63.0 cm³/mol. The first-order chi connectivity index (χ1) is 7.77. The summed E-state index contributed by atoms with van der Waals surface area (Å²) in [4.78, 5) is 8.63. The molecule has 2 aromatic heterocycles. The number of aryl methyl sites for hydroxylation is 2. The Hall–Kier alpha value is -2.03. The number of benzene rings is 1. The van der Waals surface area contributed by atoms with E-state index in [0.717, 1.165) is 16.3 Å².